The number of anilines is 1. The summed E-state index contributed by atoms with van der Waals surface area (Å²) >= 11 is 0. The van der Waals surface area contributed by atoms with Gasteiger partial charge < -0.3 is 20.3 Å². The number of morpholine rings is 1. The van der Waals surface area contributed by atoms with E-state index in [1.54, 1.807) is 6.20 Å². The molecule has 1 saturated heterocycles. The number of halogens is 1. The largest absolute Gasteiger partial charge is 0.379 e. The van der Waals surface area contributed by atoms with E-state index in [4.69, 9.17) is 9.73 Å². The minimum Gasteiger partial charge on any atom is -0.379 e. The highest BCUT2D eigenvalue weighted by molar-refractivity contribution is 5.79. The summed E-state index contributed by atoms with van der Waals surface area (Å²) in [6.07, 6.45) is 1.79. The highest BCUT2D eigenvalue weighted by Gasteiger charge is 2.23. The Balaban J connectivity index is 1.73. The maximum Gasteiger partial charge on any atom is 0.191 e. The predicted molar refractivity (Wildman–Crippen MR) is 123 cm³/mol. The van der Waals surface area contributed by atoms with Crippen LogP contribution in [0.5, 0.6) is 0 Å². The summed E-state index contributed by atoms with van der Waals surface area (Å²) < 4.78 is 19.0. The lowest BCUT2D eigenvalue weighted by molar-refractivity contribution is 0.0170. The number of aromatic nitrogens is 1. The Kier molecular flexibility index (Phi) is 8.61. The maximum atomic E-state index is 13.5. The Morgan fingerprint density at radius 2 is 1.94 bits per heavy atom. The standard InChI is InChI=1S/C23H33FN6O/c1-4-25-23(27-16-19-6-5-11-26-22(19)29(2)3)28-17-21(30-12-14-31-15-13-30)18-7-9-20(24)10-8-18/h5-11,21H,4,12-17H2,1-3H3,(H2,25,27,28). The number of guanidine groups is 1. The number of benzene rings is 1. The van der Waals surface area contributed by atoms with Gasteiger partial charge in [0.15, 0.2) is 5.96 Å². The van der Waals surface area contributed by atoms with Gasteiger partial charge in [-0.25, -0.2) is 14.4 Å². The van der Waals surface area contributed by atoms with Crippen LogP contribution in [0.25, 0.3) is 0 Å². The molecule has 0 aliphatic carbocycles. The Bertz CT molecular complexity index is 836. The molecule has 1 atom stereocenters. The summed E-state index contributed by atoms with van der Waals surface area (Å²) in [5, 5.41) is 6.80. The normalized spacial score (nSPS) is 16.1. The van der Waals surface area contributed by atoms with E-state index in [0.717, 1.165) is 42.5 Å². The Hall–Kier alpha value is -2.71. The SMILES string of the molecule is CCNC(=NCc1cccnc1N(C)C)NCC(c1ccc(F)cc1)N1CCOCC1. The van der Waals surface area contributed by atoms with E-state index in [9.17, 15) is 4.39 Å². The van der Waals surface area contributed by atoms with Crippen molar-refractivity contribution in [3.05, 3.63) is 59.5 Å². The van der Waals surface area contributed by atoms with Crippen molar-refractivity contribution >= 4 is 11.8 Å². The summed E-state index contributed by atoms with van der Waals surface area (Å²) in [5.41, 5.74) is 2.14. The van der Waals surface area contributed by atoms with Crippen LogP contribution < -0.4 is 15.5 Å². The second kappa shape index (κ2) is 11.6. The van der Waals surface area contributed by atoms with Crippen LogP contribution in [-0.4, -0.2) is 69.3 Å². The molecule has 1 aliphatic heterocycles. The predicted octanol–water partition coefficient (Wildman–Crippen LogP) is 2.42. The molecule has 0 spiro atoms. The average Bonchev–Trinajstić information content (AvgIpc) is 2.79. The molecule has 0 amide bonds. The summed E-state index contributed by atoms with van der Waals surface area (Å²) in [6.45, 7) is 7.10. The summed E-state index contributed by atoms with van der Waals surface area (Å²) in [7, 11) is 3.96. The number of pyridine rings is 1. The van der Waals surface area contributed by atoms with Gasteiger partial charge in [-0.05, 0) is 30.7 Å². The minimum atomic E-state index is -0.222. The molecule has 0 radical (unpaired) electrons. The van der Waals surface area contributed by atoms with Crippen molar-refractivity contribution in [2.45, 2.75) is 19.5 Å². The Morgan fingerprint density at radius 1 is 1.19 bits per heavy atom. The first-order chi connectivity index (χ1) is 15.1. The van der Waals surface area contributed by atoms with E-state index < -0.39 is 0 Å². The van der Waals surface area contributed by atoms with Gasteiger partial charge in [0.2, 0.25) is 0 Å². The fraction of sp³-hybridized carbons (Fsp3) is 0.478. The van der Waals surface area contributed by atoms with Crippen LogP contribution in [0, 0.1) is 5.82 Å². The van der Waals surface area contributed by atoms with Gasteiger partial charge in [-0.1, -0.05) is 18.2 Å². The van der Waals surface area contributed by atoms with Gasteiger partial charge >= 0.3 is 0 Å². The summed E-state index contributed by atoms with van der Waals surface area (Å²) in [4.78, 5) is 13.6. The molecule has 2 heterocycles. The lowest BCUT2D eigenvalue weighted by Gasteiger charge is -2.35. The lowest BCUT2D eigenvalue weighted by Crippen LogP contribution is -2.46. The zero-order chi connectivity index (χ0) is 22.1. The van der Waals surface area contributed by atoms with Gasteiger partial charge in [-0.2, -0.15) is 0 Å². The van der Waals surface area contributed by atoms with Crippen molar-refractivity contribution in [1.82, 2.24) is 20.5 Å². The molecule has 2 aromatic rings. The fourth-order valence-corrected chi connectivity index (χ4v) is 3.69. The second-order valence-corrected chi connectivity index (χ2v) is 7.67. The highest BCUT2D eigenvalue weighted by atomic mass is 19.1. The van der Waals surface area contributed by atoms with Gasteiger partial charge in [0.05, 0.1) is 25.8 Å². The number of nitrogens with zero attached hydrogens (tertiary/aromatic N) is 4. The van der Waals surface area contributed by atoms with E-state index in [-0.39, 0.29) is 11.9 Å². The van der Waals surface area contributed by atoms with Gasteiger partial charge in [0.25, 0.3) is 0 Å². The Morgan fingerprint density at radius 3 is 2.61 bits per heavy atom. The molecule has 1 unspecified atom stereocenters. The van der Waals surface area contributed by atoms with Gasteiger partial charge in [-0.3, -0.25) is 4.90 Å². The van der Waals surface area contributed by atoms with Crippen molar-refractivity contribution in [3.63, 3.8) is 0 Å². The third kappa shape index (κ3) is 6.63. The zero-order valence-corrected chi connectivity index (χ0v) is 18.6. The quantitative estimate of drug-likeness (QED) is 0.497. The summed E-state index contributed by atoms with van der Waals surface area (Å²) in [6, 6.07) is 10.8. The van der Waals surface area contributed by atoms with Crippen molar-refractivity contribution in [2.24, 2.45) is 4.99 Å². The van der Waals surface area contributed by atoms with E-state index in [2.05, 4.69) is 20.5 Å². The minimum absolute atomic E-state index is 0.101. The van der Waals surface area contributed by atoms with Gasteiger partial charge in [-0.15, -0.1) is 0 Å². The molecule has 0 saturated carbocycles. The second-order valence-electron chi connectivity index (χ2n) is 7.67. The van der Waals surface area contributed by atoms with E-state index in [1.165, 1.54) is 12.1 Å². The highest BCUT2D eigenvalue weighted by Crippen LogP contribution is 2.22. The molecule has 1 aromatic heterocycles. The first-order valence-corrected chi connectivity index (χ1v) is 10.8. The number of nitrogens with one attached hydrogen (secondary N) is 2. The number of ether oxygens (including phenoxy) is 1. The van der Waals surface area contributed by atoms with E-state index in [1.807, 2.05) is 50.2 Å². The van der Waals surface area contributed by atoms with Crippen molar-refractivity contribution in [3.8, 4) is 0 Å². The maximum absolute atomic E-state index is 13.5. The van der Waals surface area contributed by atoms with Crippen molar-refractivity contribution < 1.29 is 9.13 Å². The van der Waals surface area contributed by atoms with E-state index >= 15 is 0 Å². The third-order valence-electron chi connectivity index (χ3n) is 5.25. The van der Waals surface area contributed by atoms with Gasteiger partial charge in [0, 0.05) is 52.0 Å². The average molecular weight is 429 g/mol. The Labute approximate surface area is 184 Å². The summed E-state index contributed by atoms with van der Waals surface area (Å²) in [5.74, 6) is 1.44. The number of hydrogen-bond donors (Lipinski definition) is 2. The van der Waals surface area contributed by atoms with Crippen LogP contribution in [0.15, 0.2) is 47.6 Å². The zero-order valence-electron chi connectivity index (χ0n) is 18.6. The molecule has 0 bridgehead atoms. The van der Waals surface area contributed by atoms with Crippen LogP contribution in [0.3, 0.4) is 0 Å². The molecule has 7 nitrogen and oxygen atoms in total. The monoisotopic (exact) mass is 428 g/mol. The van der Waals surface area contributed by atoms with Crippen molar-refractivity contribution in [2.75, 3.05) is 58.4 Å². The topological polar surface area (TPSA) is 65.0 Å². The van der Waals surface area contributed by atoms with Crippen LogP contribution in [0.4, 0.5) is 10.2 Å². The molecular weight excluding hydrogens is 395 g/mol. The molecular formula is C23H33FN6O. The number of hydrogen-bond acceptors (Lipinski definition) is 5. The molecule has 1 aliphatic rings. The fourth-order valence-electron chi connectivity index (χ4n) is 3.69. The third-order valence-corrected chi connectivity index (χ3v) is 5.25. The molecule has 1 fully saturated rings. The number of aliphatic imine (C=N–C) groups is 1. The molecule has 3 rings (SSSR count). The smallest absolute Gasteiger partial charge is 0.191 e. The van der Waals surface area contributed by atoms with Crippen LogP contribution >= 0.6 is 0 Å². The van der Waals surface area contributed by atoms with E-state index in [0.29, 0.717) is 26.3 Å². The molecule has 31 heavy (non-hydrogen) atoms. The molecule has 2 N–H and O–H groups in total. The first kappa shape index (κ1) is 23.0. The number of rotatable bonds is 8. The van der Waals surface area contributed by atoms with Crippen LogP contribution in [0.1, 0.15) is 24.1 Å². The molecule has 168 valence electrons. The lowest BCUT2D eigenvalue weighted by atomic mass is 10.0. The molecule has 1 aromatic carbocycles. The van der Waals surface area contributed by atoms with Crippen LogP contribution in [0.2, 0.25) is 0 Å². The van der Waals surface area contributed by atoms with Crippen LogP contribution in [-0.2, 0) is 11.3 Å². The molecule has 8 heteroatoms. The van der Waals surface area contributed by atoms with Crippen molar-refractivity contribution in [1.29, 1.82) is 0 Å². The van der Waals surface area contributed by atoms with Gasteiger partial charge in [0.1, 0.15) is 11.6 Å². The first-order valence-electron chi connectivity index (χ1n) is 10.8.